The van der Waals surface area contributed by atoms with Gasteiger partial charge in [-0.1, -0.05) is 19.3 Å². The molecule has 19 heavy (non-hydrogen) atoms. The molecule has 0 aromatic heterocycles. The lowest BCUT2D eigenvalue weighted by Gasteiger charge is -2.40. The highest BCUT2D eigenvalue weighted by molar-refractivity contribution is 4.87. The third-order valence-corrected chi connectivity index (χ3v) is 5.02. The van der Waals surface area contributed by atoms with Crippen LogP contribution in [-0.2, 0) is 4.74 Å². The fourth-order valence-electron chi connectivity index (χ4n) is 3.99. The summed E-state index contributed by atoms with van der Waals surface area (Å²) in [6.45, 7) is 5.77. The van der Waals surface area contributed by atoms with Crippen LogP contribution in [0.4, 0.5) is 0 Å². The largest absolute Gasteiger partial charge is 0.396 e. The van der Waals surface area contributed by atoms with Gasteiger partial charge in [-0.2, -0.15) is 0 Å². The van der Waals surface area contributed by atoms with E-state index in [4.69, 9.17) is 4.74 Å². The third-order valence-electron chi connectivity index (χ3n) is 5.02. The molecule has 2 N–H and O–H groups in total. The molecule has 0 spiro atoms. The molecule has 2 unspecified atom stereocenters. The van der Waals surface area contributed by atoms with Crippen LogP contribution in [0.5, 0.6) is 0 Å². The maximum atomic E-state index is 9.36. The molecule has 0 aromatic carbocycles. The molecular weight excluding hydrogens is 238 g/mol. The Balaban J connectivity index is 1.84. The predicted octanol–water partition coefficient (Wildman–Crippen LogP) is 2.86. The van der Waals surface area contributed by atoms with E-state index in [9.17, 15) is 5.11 Å². The van der Waals surface area contributed by atoms with Gasteiger partial charge in [0.05, 0.1) is 12.2 Å². The highest BCUT2D eigenvalue weighted by Gasteiger charge is 2.33. The molecule has 1 aliphatic carbocycles. The van der Waals surface area contributed by atoms with E-state index in [1.54, 1.807) is 0 Å². The maximum Gasteiger partial charge on any atom is 0.0565 e. The van der Waals surface area contributed by atoms with Gasteiger partial charge in [-0.05, 0) is 51.4 Å². The van der Waals surface area contributed by atoms with Gasteiger partial charge in [0.1, 0.15) is 0 Å². The van der Waals surface area contributed by atoms with E-state index in [0.717, 1.165) is 25.8 Å². The smallest absolute Gasteiger partial charge is 0.0565 e. The van der Waals surface area contributed by atoms with Gasteiger partial charge in [0.2, 0.25) is 0 Å². The zero-order valence-corrected chi connectivity index (χ0v) is 12.7. The standard InChI is InChI=1S/C16H31NO2/c1-13-10-15(11-14(2)19-13)17-12-16(8-9-18)6-4-3-5-7-16/h13-15,17-18H,3-12H2,1-2H3. The summed E-state index contributed by atoms with van der Waals surface area (Å²) in [6.07, 6.45) is 10.6. The average molecular weight is 269 g/mol. The van der Waals surface area contributed by atoms with Crippen LogP contribution in [0.3, 0.4) is 0 Å². The molecule has 0 aromatic rings. The van der Waals surface area contributed by atoms with Crippen molar-refractivity contribution in [1.82, 2.24) is 5.32 Å². The van der Waals surface area contributed by atoms with E-state index in [1.807, 2.05) is 0 Å². The molecule has 2 rings (SSSR count). The molecule has 3 nitrogen and oxygen atoms in total. The van der Waals surface area contributed by atoms with Crippen molar-refractivity contribution in [1.29, 1.82) is 0 Å². The average Bonchev–Trinajstić information content (AvgIpc) is 2.37. The Hall–Kier alpha value is -0.120. The van der Waals surface area contributed by atoms with Gasteiger partial charge in [-0.3, -0.25) is 0 Å². The lowest BCUT2D eigenvalue weighted by Crippen LogP contribution is -2.46. The van der Waals surface area contributed by atoms with Crippen LogP contribution in [0.15, 0.2) is 0 Å². The van der Waals surface area contributed by atoms with Gasteiger partial charge < -0.3 is 15.2 Å². The first-order valence-electron chi connectivity index (χ1n) is 8.13. The second-order valence-corrected chi connectivity index (χ2v) is 6.84. The molecule has 3 heteroatoms. The topological polar surface area (TPSA) is 41.5 Å². The molecule has 2 atom stereocenters. The fourth-order valence-corrected chi connectivity index (χ4v) is 3.99. The van der Waals surface area contributed by atoms with Crippen LogP contribution < -0.4 is 5.32 Å². The molecule has 112 valence electrons. The molecule has 1 aliphatic heterocycles. The number of aliphatic hydroxyl groups is 1. The molecule has 0 radical (unpaired) electrons. The summed E-state index contributed by atoms with van der Waals surface area (Å²) in [5.74, 6) is 0. The molecule has 2 aliphatic rings. The minimum absolute atomic E-state index is 0.336. The second-order valence-electron chi connectivity index (χ2n) is 6.84. The molecule has 0 bridgehead atoms. The summed E-state index contributed by atoms with van der Waals surface area (Å²) < 4.78 is 5.80. The number of nitrogens with one attached hydrogen (secondary N) is 1. The van der Waals surface area contributed by atoms with Crippen molar-refractivity contribution in [2.75, 3.05) is 13.2 Å². The Labute approximate surface area is 118 Å². The van der Waals surface area contributed by atoms with E-state index >= 15 is 0 Å². The first-order valence-corrected chi connectivity index (χ1v) is 8.13. The quantitative estimate of drug-likeness (QED) is 0.806. The second kappa shape index (κ2) is 7.05. The van der Waals surface area contributed by atoms with Crippen LogP contribution >= 0.6 is 0 Å². The Morgan fingerprint density at radius 2 is 1.74 bits per heavy atom. The Morgan fingerprint density at radius 3 is 2.32 bits per heavy atom. The predicted molar refractivity (Wildman–Crippen MR) is 78.3 cm³/mol. The van der Waals surface area contributed by atoms with Crippen LogP contribution in [-0.4, -0.2) is 36.5 Å². The van der Waals surface area contributed by atoms with Crippen LogP contribution in [0.25, 0.3) is 0 Å². The van der Waals surface area contributed by atoms with Crippen molar-refractivity contribution < 1.29 is 9.84 Å². The van der Waals surface area contributed by atoms with E-state index in [0.29, 0.717) is 30.3 Å². The summed E-state index contributed by atoms with van der Waals surface area (Å²) in [7, 11) is 0. The summed E-state index contributed by atoms with van der Waals surface area (Å²) in [5, 5.41) is 13.1. The summed E-state index contributed by atoms with van der Waals surface area (Å²) in [6, 6.07) is 0.594. The van der Waals surface area contributed by atoms with Gasteiger partial charge in [0.15, 0.2) is 0 Å². The number of aliphatic hydroxyl groups excluding tert-OH is 1. The van der Waals surface area contributed by atoms with Crippen molar-refractivity contribution in [2.24, 2.45) is 5.41 Å². The lowest BCUT2D eigenvalue weighted by atomic mass is 9.71. The highest BCUT2D eigenvalue weighted by Crippen LogP contribution is 2.38. The number of hydrogen-bond donors (Lipinski definition) is 2. The van der Waals surface area contributed by atoms with Gasteiger partial charge in [0, 0.05) is 19.2 Å². The van der Waals surface area contributed by atoms with Crippen LogP contribution in [0.1, 0.15) is 65.2 Å². The van der Waals surface area contributed by atoms with Gasteiger partial charge >= 0.3 is 0 Å². The SMILES string of the molecule is CC1CC(NCC2(CCO)CCCCC2)CC(C)O1. The van der Waals surface area contributed by atoms with Gasteiger partial charge in [0.25, 0.3) is 0 Å². The fraction of sp³-hybridized carbons (Fsp3) is 1.00. The Bertz CT molecular complexity index is 248. The molecule has 1 saturated carbocycles. The van der Waals surface area contributed by atoms with E-state index in [2.05, 4.69) is 19.2 Å². The van der Waals surface area contributed by atoms with Crippen molar-refractivity contribution in [3.8, 4) is 0 Å². The third kappa shape index (κ3) is 4.44. The van der Waals surface area contributed by atoms with Gasteiger partial charge in [-0.25, -0.2) is 0 Å². The first-order chi connectivity index (χ1) is 9.13. The zero-order valence-electron chi connectivity index (χ0n) is 12.7. The molecular formula is C16H31NO2. The molecule has 1 heterocycles. The minimum Gasteiger partial charge on any atom is -0.396 e. The maximum absolute atomic E-state index is 9.36. The highest BCUT2D eigenvalue weighted by atomic mass is 16.5. The van der Waals surface area contributed by atoms with Crippen LogP contribution in [0.2, 0.25) is 0 Å². The normalized spacial score (nSPS) is 35.2. The van der Waals surface area contributed by atoms with Crippen molar-refractivity contribution >= 4 is 0 Å². The summed E-state index contributed by atoms with van der Waals surface area (Å²) in [5.41, 5.74) is 0.359. The first kappa shape index (κ1) is 15.3. The van der Waals surface area contributed by atoms with E-state index in [1.165, 1.54) is 32.1 Å². The Kier molecular flexibility index (Phi) is 5.67. The van der Waals surface area contributed by atoms with Crippen molar-refractivity contribution in [2.45, 2.75) is 83.5 Å². The Morgan fingerprint density at radius 1 is 1.11 bits per heavy atom. The monoisotopic (exact) mass is 269 g/mol. The molecule has 0 amide bonds. The number of hydrogen-bond acceptors (Lipinski definition) is 3. The van der Waals surface area contributed by atoms with Gasteiger partial charge in [-0.15, -0.1) is 0 Å². The van der Waals surface area contributed by atoms with Crippen molar-refractivity contribution in [3.05, 3.63) is 0 Å². The summed E-state index contributed by atoms with van der Waals surface area (Å²) >= 11 is 0. The van der Waals surface area contributed by atoms with Crippen LogP contribution in [0, 0.1) is 5.41 Å². The minimum atomic E-state index is 0.336. The van der Waals surface area contributed by atoms with E-state index in [-0.39, 0.29) is 0 Å². The molecule has 2 fully saturated rings. The number of rotatable bonds is 5. The number of ether oxygens (including phenoxy) is 1. The van der Waals surface area contributed by atoms with Crippen molar-refractivity contribution in [3.63, 3.8) is 0 Å². The lowest BCUT2D eigenvalue weighted by molar-refractivity contribution is -0.0442. The van der Waals surface area contributed by atoms with E-state index < -0.39 is 0 Å². The molecule has 1 saturated heterocycles. The zero-order chi connectivity index (χ0) is 13.7. The summed E-state index contributed by atoms with van der Waals surface area (Å²) in [4.78, 5) is 0.